The van der Waals surface area contributed by atoms with E-state index < -0.39 is 0 Å². The zero-order valence-electron chi connectivity index (χ0n) is 7.55. The third-order valence-electron chi connectivity index (χ3n) is 2.61. The van der Waals surface area contributed by atoms with Crippen molar-refractivity contribution in [1.29, 1.82) is 0 Å². The molecule has 0 bridgehead atoms. The molecule has 2 nitrogen and oxygen atoms in total. The minimum Gasteiger partial charge on any atom is -0.324 e. The van der Waals surface area contributed by atoms with Gasteiger partial charge in [-0.3, -0.25) is 4.79 Å². The number of benzene rings is 1. The molecule has 2 N–H and O–H groups in total. The van der Waals surface area contributed by atoms with Crippen molar-refractivity contribution in [3.63, 3.8) is 0 Å². The molecule has 68 valence electrons. The highest BCUT2D eigenvalue weighted by atomic mass is 16.1. The van der Waals surface area contributed by atoms with Crippen LogP contribution < -0.4 is 5.73 Å². The van der Waals surface area contributed by atoms with Crippen LogP contribution in [0.15, 0.2) is 18.2 Å². The summed E-state index contributed by atoms with van der Waals surface area (Å²) in [7, 11) is 0. The Bertz CT molecular complexity index is 344. The van der Waals surface area contributed by atoms with E-state index in [9.17, 15) is 4.79 Å². The smallest absolute Gasteiger partial charge is 0.176 e. The summed E-state index contributed by atoms with van der Waals surface area (Å²) in [6.07, 6.45) is 3.49. The van der Waals surface area contributed by atoms with Gasteiger partial charge in [0.2, 0.25) is 0 Å². The second-order valence-corrected chi connectivity index (χ2v) is 3.46. The Balaban J connectivity index is 2.36. The molecule has 0 heterocycles. The molecule has 1 aliphatic rings. The molecule has 0 saturated heterocycles. The summed E-state index contributed by atoms with van der Waals surface area (Å²) >= 11 is 0. The first-order chi connectivity index (χ1) is 6.31. The van der Waals surface area contributed by atoms with Gasteiger partial charge in [-0.1, -0.05) is 12.1 Å². The van der Waals surface area contributed by atoms with Crippen LogP contribution in [0.1, 0.15) is 27.9 Å². The molecule has 1 aromatic carbocycles. The third-order valence-corrected chi connectivity index (χ3v) is 2.61. The van der Waals surface area contributed by atoms with Gasteiger partial charge in [-0.25, -0.2) is 0 Å². The molecule has 0 saturated carbocycles. The number of nitrogens with two attached hydrogens (primary N) is 1. The fourth-order valence-electron chi connectivity index (χ4n) is 1.86. The van der Waals surface area contributed by atoms with Gasteiger partial charge in [0, 0.05) is 5.56 Å². The van der Waals surface area contributed by atoms with E-state index in [4.69, 9.17) is 5.73 Å². The predicted octanol–water partition coefficient (Wildman–Crippen LogP) is 1.32. The van der Waals surface area contributed by atoms with Crippen LogP contribution >= 0.6 is 0 Å². The van der Waals surface area contributed by atoms with Crippen molar-refractivity contribution in [3.8, 4) is 0 Å². The summed E-state index contributed by atoms with van der Waals surface area (Å²) in [5, 5.41) is 0. The molecule has 1 aromatic rings. The number of carbonyl (C=O) groups excluding carboxylic acids is 1. The summed E-state index contributed by atoms with van der Waals surface area (Å²) in [6.45, 7) is 0.110. The maximum Gasteiger partial charge on any atom is 0.176 e. The van der Waals surface area contributed by atoms with Crippen molar-refractivity contribution in [1.82, 2.24) is 0 Å². The van der Waals surface area contributed by atoms with Gasteiger partial charge in [-0.05, 0) is 36.5 Å². The normalized spacial score (nSPS) is 14.2. The maximum atomic E-state index is 11.3. The van der Waals surface area contributed by atoms with Gasteiger partial charge in [0.1, 0.15) is 0 Å². The van der Waals surface area contributed by atoms with Gasteiger partial charge in [-0.15, -0.1) is 0 Å². The minimum atomic E-state index is 0.0368. The van der Waals surface area contributed by atoms with E-state index >= 15 is 0 Å². The lowest BCUT2D eigenvalue weighted by molar-refractivity contribution is 0.100. The van der Waals surface area contributed by atoms with Gasteiger partial charge in [0.15, 0.2) is 5.78 Å². The lowest BCUT2D eigenvalue weighted by atomic mass is 10.0. The minimum absolute atomic E-state index is 0.0368. The molecule has 2 rings (SSSR count). The standard InChI is InChI=1S/C11H13NO/c12-7-11(13)10-5-4-8-2-1-3-9(8)6-10/h4-6H,1-3,7,12H2. The Morgan fingerprint density at radius 1 is 1.31 bits per heavy atom. The largest absolute Gasteiger partial charge is 0.324 e. The highest BCUT2D eigenvalue weighted by Gasteiger charge is 2.12. The first-order valence-corrected chi connectivity index (χ1v) is 4.66. The first-order valence-electron chi connectivity index (χ1n) is 4.66. The second-order valence-electron chi connectivity index (χ2n) is 3.46. The number of hydrogen-bond donors (Lipinski definition) is 1. The molecule has 13 heavy (non-hydrogen) atoms. The SMILES string of the molecule is NCC(=O)c1ccc2c(c1)CCC2. The molecule has 0 radical (unpaired) electrons. The topological polar surface area (TPSA) is 43.1 Å². The number of fused-ring (bicyclic) bond motifs is 1. The highest BCUT2D eigenvalue weighted by Crippen LogP contribution is 2.22. The van der Waals surface area contributed by atoms with Crippen molar-refractivity contribution in [3.05, 3.63) is 34.9 Å². The van der Waals surface area contributed by atoms with E-state index in [1.54, 1.807) is 0 Å². The molecular weight excluding hydrogens is 162 g/mol. The lowest BCUT2D eigenvalue weighted by Crippen LogP contribution is -2.13. The molecule has 0 atom stereocenters. The molecule has 0 spiro atoms. The molecule has 0 aromatic heterocycles. The maximum absolute atomic E-state index is 11.3. The number of carbonyl (C=O) groups is 1. The van der Waals surface area contributed by atoms with Crippen molar-refractivity contribution >= 4 is 5.78 Å². The summed E-state index contributed by atoms with van der Waals surface area (Å²) in [5.74, 6) is 0.0368. The Hall–Kier alpha value is -1.15. The van der Waals surface area contributed by atoms with E-state index in [1.165, 1.54) is 17.5 Å². The van der Waals surface area contributed by atoms with Crippen LogP contribution in [0, 0.1) is 0 Å². The van der Waals surface area contributed by atoms with Crippen molar-refractivity contribution in [2.75, 3.05) is 6.54 Å². The van der Waals surface area contributed by atoms with Gasteiger partial charge >= 0.3 is 0 Å². The highest BCUT2D eigenvalue weighted by molar-refractivity contribution is 5.97. The fraction of sp³-hybridized carbons (Fsp3) is 0.364. The van der Waals surface area contributed by atoms with E-state index in [0.717, 1.165) is 18.4 Å². The van der Waals surface area contributed by atoms with Crippen LogP contribution in [0.25, 0.3) is 0 Å². The second kappa shape index (κ2) is 3.30. The van der Waals surface area contributed by atoms with Crippen LogP contribution in [-0.4, -0.2) is 12.3 Å². The Kier molecular flexibility index (Phi) is 2.15. The zero-order valence-corrected chi connectivity index (χ0v) is 7.55. The molecule has 0 unspecified atom stereocenters. The Labute approximate surface area is 77.8 Å². The van der Waals surface area contributed by atoms with Crippen LogP contribution in [-0.2, 0) is 12.8 Å². The van der Waals surface area contributed by atoms with E-state index in [2.05, 4.69) is 6.07 Å². The van der Waals surface area contributed by atoms with Crippen LogP contribution in [0.4, 0.5) is 0 Å². The van der Waals surface area contributed by atoms with Crippen molar-refractivity contribution < 1.29 is 4.79 Å². The summed E-state index contributed by atoms with van der Waals surface area (Å²) in [5.41, 5.74) is 8.80. The molecule has 1 aliphatic carbocycles. The average molecular weight is 175 g/mol. The first kappa shape index (κ1) is 8.45. The Morgan fingerprint density at radius 2 is 2.08 bits per heavy atom. The van der Waals surface area contributed by atoms with E-state index in [1.807, 2.05) is 12.1 Å². The molecule has 0 aliphatic heterocycles. The Morgan fingerprint density at radius 3 is 2.85 bits per heavy atom. The van der Waals surface area contributed by atoms with Crippen LogP contribution in [0.2, 0.25) is 0 Å². The molecule has 0 fully saturated rings. The number of ketones is 1. The number of Topliss-reactive ketones (excluding diaryl/α,β-unsaturated/α-hetero) is 1. The summed E-state index contributed by atoms with van der Waals surface area (Å²) < 4.78 is 0. The number of hydrogen-bond acceptors (Lipinski definition) is 2. The quantitative estimate of drug-likeness (QED) is 0.689. The number of aryl methyl sites for hydroxylation is 2. The predicted molar refractivity (Wildman–Crippen MR) is 51.9 cm³/mol. The molecular formula is C11H13NO. The fourth-order valence-corrected chi connectivity index (χ4v) is 1.86. The van der Waals surface area contributed by atoms with E-state index in [0.29, 0.717) is 0 Å². The molecule has 2 heteroatoms. The van der Waals surface area contributed by atoms with Crippen LogP contribution in [0.5, 0.6) is 0 Å². The summed E-state index contributed by atoms with van der Waals surface area (Å²) in [4.78, 5) is 11.3. The van der Waals surface area contributed by atoms with Gasteiger partial charge in [0.25, 0.3) is 0 Å². The molecule has 0 amide bonds. The monoisotopic (exact) mass is 175 g/mol. The van der Waals surface area contributed by atoms with E-state index in [-0.39, 0.29) is 12.3 Å². The van der Waals surface area contributed by atoms with Crippen molar-refractivity contribution in [2.24, 2.45) is 5.73 Å². The number of rotatable bonds is 2. The van der Waals surface area contributed by atoms with Crippen molar-refractivity contribution in [2.45, 2.75) is 19.3 Å². The zero-order chi connectivity index (χ0) is 9.26. The lowest BCUT2D eigenvalue weighted by Gasteiger charge is -2.02. The average Bonchev–Trinajstić information content (AvgIpc) is 2.63. The third kappa shape index (κ3) is 1.49. The van der Waals surface area contributed by atoms with Gasteiger partial charge in [0.05, 0.1) is 6.54 Å². The van der Waals surface area contributed by atoms with Gasteiger partial charge < -0.3 is 5.73 Å². The van der Waals surface area contributed by atoms with Gasteiger partial charge in [-0.2, -0.15) is 0 Å². The van der Waals surface area contributed by atoms with Crippen LogP contribution in [0.3, 0.4) is 0 Å². The summed E-state index contributed by atoms with van der Waals surface area (Å²) in [6, 6.07) is 5.95.